The van der Waals surface area contributed by atoms with Crippen LogP contribution < -0.4 is 5.14 Å². The van der Waals surface area contributed by atoms with Crippen molar-refractivity contribution in [1.82, 2.24) is 14.7 Å². The molecule has 0 radical (unpaired) electrons. The average molecular weight is 369 g/mol. The fourth-order valence-electron chi connectivity index (χ4n) is 3.01. The Morgan fingerprint density at radius 2 is 1.84 bits per heavy atom. The van der Waals surface area contributed by atoms with Crippen molar-refractivity contribution in [2.45, 2.75) is 23.8 Å². The van der Waals surface area contributed by atoms with E-state index in [9.17, 15) is 13.2 Å². The molecule has 1 atom stereocenters. The van der Waals surface area contributed by atoms with Gasteiger partial charge in [0.15, 0.2) is 0 Å². The molecule has 1 aromatic carbocycles. The van der Waals surface area contributed by atoms with Crippen LogP contribution in [0.3, 0.4) is 0 Å². The van der Waals surface area contributed by atoms with Crippen molar-refractivity contribution in [3.8, 4) is 0 Å². The predicted octanol–water partition coefficient (Wildman–Crippen LogP) is 0.432. The molecule has 25 heavy (non-hydrogen) atoms. The molecule has 2 N–H and O–H groups in total. The molecule has 2 rings (SSSR count). The standard InChI is InChI=1S/C17H28N4O3S/c1-19(2)11-12-20(3)15-5-4-10-21(13-15)17(22)14-6-8-16(9-7-14)25(18,23)24/h6-9,15H,4-5,10-13H2,1-3H3,(H2,18,23,24)/t15-/m0/s1. The van der Waals surface area contributed by atoms with Gasteiger partial charge in [-0.25, -0.2) is 13.6 Å². The topological polar surface area (TPSA) is 86.9 Å². The van der Waals surface area contributed by atoms with Crippen molar-refractivity contribution < 1.29 is 13.2 Å². The second-order valence-electron chi connectivity index (χ2n) is 6.90. The lowest BCUT2D eigenvalue weighted by atomic mass is 10.0. The highest BCUT2D eigenvalue weighted by Gasteiger charge is 2.27. The Morgan fingerprint density at radius 1 is 1.20 bits per heavy atom. The molecule has 1 fully saturated rings. The summed E-state index contributed by atoms with van der Waals surface area (Å²) in [6, 6.07) is 6.17. The van der Waals surface area contributed by atoms with Crippen LogP contribution in [0.5, 0.6) is 0 Å². The van der Waals surface area contributed by atoms with Crippen LogP contribution in [0.15, 0.2) is 29.2 Å². The summed E-state index contributed by atoms with van der Waals surface area (Å²) in [7, 11) is 2.46. The van der Waals surface area contributed by atoms with E-state index in [1.807, 2.05) is 4.90 Å². The molecule has 0 aliphatic carbocycles. The zero-order chi connectivity index (χ0) is 18.6. The third-order valence-electron chi connectivity index (χ3n) is 4.64. The maximum Gasteiger partial charge on any atom is 0.253 e. The molecular formula is C17H28N4O3S. The summed E-state index contributed by atoms with van der Waals surface area (Å²) < 4.78 is 22.6. The smallest absolute Gasteiger partial charge is 0.253 e. The number of hydrogen-bond acceptors (Lipinski definition) is 5. The van der Waals surface area contributed by atoms with Gasteiger partial charge in [0.1, 0.15) is 0 Å². The van der Waals surface area contributed by atoms with E-state index in [4.69, 9.17) is 5.14 Å². The minimum atomic E-state index is -3.74. The number of nitrogens with zero attached hydrogens (tertiary/aromatic N) is 3. The summed E-state index contributed by atoms with van der Waals surface area (Å²) in [5.74, 6) is -0.0633. The lowest BCUT2D eigenvalue weighted by Gasteiger charge is -2.38. The normalized spacial score (nSPS) is 18.8. The van der Waals surface area contributed by atoms with Crippen LogP contribution in [-0.2, 0) is 10.0 Å². The van der Waals surface area contributed by atoms with E-state index >= 15 is 0 Å². The van der Waals surface area contributed by atoms with Gasteiger partial charge in [-0.2, -0.15) is 0 Å². The quantitative estimate of drug-likeness (QED) is 0.787. The number of hydrogen-bond donors (Lipinski definition) is 1. The molecular weight excluding hydrogens is 340 g/mol. The Hall–Kier alpha value is -1.48. The van der Waals surface area contributed by atoms with Crippen molar-refractivity contribution in [2.75, 3.05) is 47.3 Å². The fraction of sp³-hybridized carbons (Fsp3) is 0.588. The molecule has 1 saturated heterocycles. The van der Waals surface area contributed by atoms with E-state index in [0.29, 0.717) is 18.2 Å². The van der Waals surface area contributed by atoms with Gasteiger partial charge in [-0.1, -0.05) is 0 Å². The number of carbonyl (C=O) groups excluding carboxylic acids is 1. The van der Waals surface area contributed by atoms with Crippen LogP contribution in [0.2, 0.25) is 0 Å². The zero-order valence-electron chi connectivity index (χ0n) is 15.2. The molecule has 1 aliphatic rings. The van der Waals surface area contributed by atoms with Crippen molar-refractivity contribution in [3.05, 3.63) is 29.8 Å². The van der Waals surface area contributed by atoms with Crippen molar-refractivity contribution >= 4 is 15.9 Å². The summed E-state index contributed by atoms with van der Waals surface area (Å²) >= 11 is 0. The van der Waals surface area contributed by atoms with E-state index in [-0.39, 0.29) is 10.8 Å². The molecule has 1 amide bonds. The number of likely N-dealkylation sites (N-methyl/N-ethyl adjacent to an activating group) is 2. The maximum atomic E-state index is 12.7. The van der Waals surface area contributed by atoms with Crippen LogP contribution in [-0.4, -0.2) is 82.4 Å². The first-order chi connectivity index (χ1) is 11.7. The summed E-state index contributed by atoms with van der Waals surface area (Å²) in [5, 5.41) is 5.09. The Bertz CT molecular complexity index is 688. The monoisotopic (exact) mass is 368 g/mol. The number of primary sulfonamides is 1. The van der Waals surface area contributed by atoms with Gasteiger partial charge in [-0.15, -0.1) is 0 Å². The molecule has 0 aromatic heterocycles. The number of piperidine rings is 1. The molecule has 0 spiro atoms. The van der Waals surface area contributed by atoms with Crippen molar-refractivity contribution in [1.29, 1.82) is 0 Å². The summed E-state index contributed by atoms with van der Waals surface area (Å²) in [6.07, 6.45) is 2.05. The first-order valence-corrected chi connectivity index (χ1v) is 10.00. The third kappa shape index (κ3) is 5.50. The van der Waals surface area contributed by atoms with Crippen LogP contribution in [0, 0.1) is 0 Å². The Labute approximate surface area is 150 Å². The Morgan fingerprint density at radius 3 is 2.40 bits per heavy atom. The molecule has 1 aromatic rings. The molecule has 7 nitrogen and oxygen atoms in total. The van der Waals surface area contributed by atoms with Crippen LogP contribution >= 0.6 is 0 Å². The van der Waals surface area contributed by atoms with Crippen molar-refractivity contribution in [2.24, 2.45) is 5.14 Å². The van der Waals surface area contributed by atoms with Crippen LogP contribution in [0.25, 0.3) is 0 Å². The maximum absolute atomic E-state index is 12.7. The van der Waals surface area contributed by atoms with Gasteiger partial charge in [0.25, 0.3) is 5.91 Å². The highest BCUT2D eigenvalue weighted by molar-refractivity contribution is 7.89. The highest BCUT2D eigenvalue weighted by atomic mass is 32.2. The first kappa shape index (κ1) is 19.8. The molecule has 140 valence electrons. The van der Waals surface area contributed by atoms with E-state index in [2.05, 4.69) is 30.9 Å². The summed E-state index contributed by atoms with van der Waals surface area (Å²) in [4.78, 5) is 19.0. The van der Waals surface area contributed by atoms with E-state index in [1.165, 1.54) is 24.3 Å². The SMILES string of the molecule is CN(C)CCN(C)[C@H]1CCCN(C(=O)c2ccc(S(N)(=O)=O)cc2)C1. The lowest BCUT2D eigenvalue weighted by molar-refractivity contribution is 0.0603. The number of carbonyl (C=O) groups is 1. The summed E-state index contributed by atoms with van der Waals surface area (Å²) in [5.41, 5.74) is 0.490. The third-order valence-corrected chi connectivity index (χ3v) is 5.57. The number of nitrogens with two attached hydrogens (primary N) is 1. The van der Waals surface area contributed by atoms with Crippen molar-refractivity contribution in [3.63, 3.8) is 0 Å². The van der Waals surface area contributed by atoms with E-state index < -0.39 is 10.0 Å². The summed E-state index contributed by atoms with van der Waals surface area (Å²) in [6.45, 7) is 3.37. The highest BCUT2D eigenvalue weighted by Crippen LogP contribution is 2.18. The average Bonchev–Trinajstić information content (AvgIpc) is 2.58. The second-order valence-corrected chi connectivity index (χ2v) is 8.46. The van der Waals surface area contributed by atoms with Crippen LogP contribution in [0.4, 0.5) is 0 Å². The number of benzene rings is 1. The number of amides is 1. The fourth-order valence-corrected chi connectivity index (χ4v) is 3.52. The predicted molar refractivity (Wildman–Crippen MR) is 97.9 cm³/mol. The van der Waals surface area contributed by atoms with Gasteiger partial charge in [0.2, 0.25) is 10.0 Å². The second kappa shape index (κ2) is 8.27. The molecule has 1 aliphatic heterocycles. The number of likely N-dealkylation sites (tertiary alicyclic amines) is 1. The number of sulfonamides is 1. The van der Waals surface area contributed by atoms with Gasteiger partial charge in [-0.05, 0) is 58.3 Å². The number of rotatable bonds is 6. The molecule has 0 bridgehead atoms. The lowest BCUT2D eigenvalue weighted by Crippen LogP contribution is -2.49. The van der Waals surface area contributed by atoms with Gasteiger partial charge in [-0.3, -0.25) is 4.79 Å². The van der Waals surface area contributed by atoms with Crippen LogP contribution in [0.1, 0.15) is 23.2 Å². The minimum absolute atomic E-state index is 0.0176. The molecule has 8 heteroatoms. The molecule has 0 saturated carbocycles. The largest absolute Gasteiger partial charge is 0.337 e. The first-order valence-electron chi connectivity index (χ1n) is 8.45. The molecule has 0 unspecified atom stereocenters. The molecule has 1 heterocycles. The van der Waals surface area contributed by atoms with E-state index in [0.717, 1.165) is 32.5 Å². The Balaban J connectivity index is 2.01. The van der Waals surface area contributed by atoms with Gasteiger partial charge < -0.3 is 14.7 Å². The minimum Gasteiger partial charge on any atom is -0.337 e. The zero-order valence-corrected chi connectivity index (χ0v) is 16.0. The van der Waals surface area contributed by atoms with Gasteiger partial charge in [0.05, 0.1) is 4.90 Å². The van der Waals surface area contributed by atoms with E-state index in [1.54, 1.807) is 0 Å². The van der Waals surface area contributed by atoms with Gasteiger partial charge in [0, 0.05) is 37.8 Å². The Kier molecular flexibility index (Phi) is 6.56. The van der Waals surface area contributed by atoms with Gasteiger partial charge >= 0.3 is 0 Å².